The summed E-state index contributed by atoms with van der Waals surface area (Å²) in [6, 6.07) is 0. The van der Waals surface area contributed by atoms with Crippen molar-refractivity contribution < 1.29 is 14.3 Å². The van der Waals surface area contributed by atoms with E-state index in [-0.39, 0.29) is 5.78 Å². The molecule has 0 aromatic carbocycles. The van der Waals surface area contributed by atoms with Crippen molar-refractivity contribution in [3.05, 3.63) is 0 Å². The smallest absolute Gasteiger partial charge is 0.230 e. The van der Waals surface area contributed by atoms with E-state index in [1.165, 1.54) is 0 Å². The van der Waals surface area contributed by atoms with Gasteiger partial charge >= 0.3 is 0 Å². The molecule has 1 saturated carbocycles. The second-order valence-electron chi connectivity index (χ2n) is 5.49. The highest BCUT2D eigenvalue weighted by Gasteiger charge is 2.37. The average Bonchev–Trinajstić information content (AvgIpc) is 2.27. The monoisotopic (exact) mass is 230 g/mol. The van der Waals surface area contributed by atoms with Crippen LogP contribution in [0.1, 0.15) is 39.0 Å². The molecule has 0 amide bonds. The number of hydrogen-bond acceptors (Lipinski definition) is 3. The number of carbonyl (C=O) groups excluding carboxylic acids is 1. The maximum Gasteiger partial charge on any atom is 0.230 e. The van der Waals surface area contributed by atoms with Gasteiger partial charge in [-0.3, -0.25) is 9.37 Å². The lowest BCUT2D eigenvalue weighted by molar-refractivity contribution is -0.286. The van der Waals surface area contributed by atoms with Crippen LogP contribution in [0.2, 0.25) is 19.6 Å². The second kappa shape index (κ2) is 4.76. The van der Waals surface area contributed by atoms with Crippen LogP contribution in [-0.4, -0.2) is 19.7 Å². The first-order valence-electron chi connectivity index (χ1n) is 5.74. The van der Waals surface area contributed by atoms with Crippen molar-refractivity contribution >= 4 is 14.1 Å². The fourth-order valence-electron chi connectivity index (χ4n) is 1.63. The van der Waals surface area contributed by atoms with Gasteiger partial charge in [-0.25, -0.2) is 4.89 Å². The Kier molecular flexibility index (Phi) is 4.09. The molecule has 0 saturated heterocycles. The van der Waals surface area contributed by atoms with Gasteiger partial charge in [0.15, 0.2) is 11.4 Å². The summed E-state index contributed by atoms with van der Waals surface area (Å²) in [6.07, 6.45) is 4.58. The molecule has 1 rings (SSSR count). The minimum Gasteiger partial charge on any atom is -0.296 e. The topological polar surface area (TPSA) is 35.5 Å². The van der Waals surface area contributed by atoms with Gasteiger partial charge in [0, 0.05) is 6.42 Å². The molecule has 0 bridgehead atoms. The normalized spacial score (nSPS) is 28.9. The van der Waals surface area contributed by atoms with E-state index in [1.807, 2.05) is 6.92 Å². The number of rotatable bonds is 3. The Morgan fingerprint density at radius 2 is 1.87 bits per heavy atom. The van der Waals surface area contributed by atoms with Gasteiger partial charge in [-0.15, -0.1) is 0 Å². The molecule has 4 heteroatoms. The zero-order chi connectivity index (χ0) is 11.5. The molecule has 1 aliphatic carbocycles. The summed E-state index contributed by atoms with van der Waals surface area (Å²) in [5.41, 5.74) is -0.698. The second-order valence-corrected chi connectivity index (χ2v) is 9.89. The highest BCUT2D eigenvalue weighted by Crippen LogP contribution is 2.28. The molecule has 0 radical (unpaired) electrons. The Labute approximate surface area is 93.2 Å². The van der Waals surface area contributed by atoms with Crippen molar-refractivity contribution in [2.75, 3.05) is 0 Å². The molecule has 15 heavy (non-hydrogen) atoms. The molecule has 0 heterocycles. The van der Waals surface area contributed by atoms with Crippen molar-refractivity contribution in [3.8, 4) is 0 Å². The van der Waals surface area contributed by atoms with Crippen molar-refractivity contribution in [2.45, 2.75) is 64.3 Å². The lowest BCUT2D eigenvalue weighted by atomic mass is 9.96. The molecule has 0 aromatic heterocycles. The van der Waals surface area contributed by atoms with Gasteiger partial charge in [0.25, 0.3) is 0 Å². The summed E-state index contributed by atoms with van der Waals surface area (Å²) in [5.74, 6) is 0.193. The number of hydrogen-bond donors (Lipinski definition) is 0. The summed E-state index contributed by atoms with van der Waals surface area (Å²) in [7, 11) is -1.71. The van der Waals surface area contributed by atoms with E-state index < -0.39 is 13.9 Å². The van der Waals surface area contributed by atoms with E-state index in [2.05, 4.69) is 19.6 Å². The molecule has 1 aliphatic rings. The number of carbonyl (C=O) groups is 1. The van der Waals surface area contributed by atoms with E-state index >= 15 is 0 Å². The molecule has 0 aliphatic heterocycles. The zero-order valence-electron chi connectivity index (χ0n) is 10.3. The quantitative estimate of drug-likeness (QED) is 0.323. The fraction of sp³-hybridized carbons (Fsp3) is 0.909. The molecule has 1 atom stereocenters. The molecule has 3 nitrogen and oxygen atoms in total. The predicted molar refractivity (Wildman–Crippen MR) is 62.0 cm³/mol. The third kappa shape index (κ3) is 4.05. The van der Waals surface area contributed by atoms with E-state index in [9.17, 15) is 4.79 Å². The van der Waals surface area contributed by atoms with E-state index in [4.69, 9.17) is 9.46 Å². The van der Waals surface area contributed by atoms with Gasteiger partial charge < -0.3 is 0 Å². The van der Waals surface area contributed by atoms with Crippen molar-refractivity contribution in [1.29, 1.82) is 0 Å². The van der Waals surface area contributed by atoms with Crippen LogP contribution in [0.3, 0.4) is 0 Å². The third-order valence-electron chi connectivity index (χ3n) is 2.62. The first kappa shape index (κ1) is 12.9. The van der Waals surface area contributed by atoms with Crippen LogP contribution in [0.25, 0.3) is 0 Å². The SMILES string of the molecule is CC1(OO[Si](C)(C)C)CCCCCC1=O. The van der Waals surface area contributed by atoms with Gasteiger partial charge in [-0.05, 0) is 45.8 Å². The molecule has 0 N–H and O–H groups in total. The Hall–Kier alpha value is -0.193. The van der Waals surface area contributed by atoms with E-state index in [0.29, 0.717) is 6.42 Å². The maximum absolute atomic E-state index is 11.9. The maximum atomic E-state index is 11.9. The van der Waals surface area contributed by atoms with E-state index in [0.717, 1.165) is 25.7 Å². The van der Waals surface area contributed by atoms with Crippen LogP contribution >= 0.6 is 0 Å². The molecule has 1 fully saturated rings. The summed E-state index contributed by atoms with van der Waals surface area (Å²) in [6.45, 7) is 8.02. The Bertz CT molecular complexity index is 234. The van der Waals surface area contributed by atoms with Gasteiger partial charge in [-0.2, -0.15) is 0 Å². The van der Waals surface area contributed by atoms with Crippen molar-refractivity contribution in [1.82, 2.24) is 0 Å². The molecule has 1 unspecified atom stereocenters. The highest BCUT2D eigenvalue weighted by molar-refractivity contribution is 6.69. The zero-order valence-corrected chi connectivity index (χ0v) is 11.3. The number of Topliss-reactive ketones (excluding diaryl/α,β-unsaturated/α-hetero) is 1. The van der Waals surface area contributed by atoms with Crippen molar-refractivity contribution in [2.24, 2.45) is 0 Å². The Morgan fingerprint density at radius 1 is 1.20 bits per heavy atom. The summed E-state index contributed by atoms with van der Waals surface area (Å²) < 4.78 is 5.42. The fourth-order valence-corrected chi connectivity index (χ4v) is 2.07. The average molecular weight is 230 g/mol. The van der Waals surface area contributed by atoms with Gasteiger partial charge in [-0.1, -0.05) is 6.42 Å². The Morgan fingerprint density at radius 3 is 2.47 bits per heavy atom. The van der Waals surface area contributed by atoms with Gasteiger partial charge in [0.2, 0.25) is 8.32 Å². The van der Waals surface area contributed by atoms with Crippen LogP contribution in [0.15, 0.2) is 0 Å². The van der Waals surface area contributed by atoms with Gasteiger partial charge in [0.1, 0.15) is 0 Å². The van der Waals surface area contributed by atoms with Crippen LogP contribution < -0.4 is 0 Å². The molecule has 88 valence electrons. The molecular formula is C11H22O3Si. The van der Waals surface area contributed by atoms with E-state index in [1.54, 1.807) is 0 Å². The highest BCUT2D eigenvalue weighted by atomic mass is 28.4. The first-order chi connectivity index (χ1) is 6.83. The molecule has 0 aromatic rings. The van der Waals surface area contributed by atoms with Crippen LogP contribution in [0.4, 0.5) is 0 Å². The molecule has 0 spiro atoms. The third-order valence-corrected chi connectivity index (χ3v) is 3.21. The molecular weight excluding hydrogens is 208 g/mol. The summed E-state index contributed by atoms with van der Waals surface area (Å²) in [4.78, 5) is 17.3. The first-order valence-corrected chi connectivity index (χ1v) is 9.14. The predicted octanol–water partition coefficient (Wildman–Crippen LogP) is 3.06. The number of ketones is 1. The van der Waals surface area contributed by atoms with Gasteiger partial charge in [0.05, 0.1) is 0 Å². The summed E-state index contributed by atoms with van der Waals surface area (Å²) >= 11 is 0. The minimum absolute atomic E-state index is 0.193. The lowest BCUT2D eigenvalue weighted by Gasteiger charge is -2.29. The lowest BCUT2D eigenvalue weighted by Crippen LogP contribution is -2.41. The standard InChI is InChI=1S/C11H22O3Si/c1-11(13-14-15(2,3)4)9-7-5-6-8-10(11)12/h5-9H2,1-4H3. The largest absolute Gasteiger partial charge is 0.296 e. The van der Waals surface area contributed by atoms with Crippen LogP contribution in [0, 0.1) is 0 Å². The van der Waals surface area contributed by atoms with Crippen LogP contribution in [0.5, 0.6) is 0 Å². The Balaban J connectivity index is 2.58. The van der Waals surface area contributed by atoms with Crippen molar-refractivity contribution in [3.63, 3.8) is 0 Å². The minimum atomic E-state index is -1.71. The summed E-state index contributed by atoms with van der Waals surface area (Å²) in [5, 5.41) is 0. The van der Waals surface area contributed by atoms with Crippen LogP contribution in [-0.2, 0) is 14.3 Å².